The van der Waals surface area contributed by atoms with Crippen molar-refractivity contribution in [2.45, 2.75) is 13.8 Å². The van der Waals surface area contributed by atoms with Crippen LogP contribution in [0.3, 0.4) is 0 Å². The normalized spacial score (nSPS) is 8.00. The quantitative estimate of drug-likeness (QED) is 0.449. The molecule has 0 aromatic carbocycles. The Kier molecular flexibility index (Phi) is 5.78. The first kappa shape index (κ1) is 10.4. The molecule has 0 saturated heterocycles. The van der Waals surface area contributed by atoms with Gasteiger partial charge < -0.3 is 4.89 Å². The van der Waals surface area contributed by atoms with Crippen LogP contribution in [-0.2, 0) is 0 Å². The van der Waals surface area contributed by atoms with Gasteiger partial charge in [0, 0.05) is 6.20 Å². The van der Waals surface area contributed by atoms with Gasteiger partial charge in [0.1, 0.15) is 0 Å². The molecule has 3 nitrogen and oxygen atoms in total. The van der Waals surface area contributed by atoms with Crippen LogP contribution in [-0.4, -0.2) is 10.2 Å². The van der Waals surface area contributed by atoms with E-state index in [9.17, 15) is 0 Å². The Morgan fingerprint density at radius 1 is 1.55 bits per heavy atom. The lowest BCUT2D eigenvalue weighted by Gasteiger charge is -1.95. The predicted molar refractivity (Wildman–Crippen MR) is 46.5 cm³/mol. The van der Waals surface area contributed by atoms with E-state index in [1.54, 1.807) is 18.3 Å². The summed E-state index contributed by atoms with van der Waals surface area (Å²) in [5.74, 6) is 0.317. The third-order valence-electron chi connectivity index (χ3n) is 0.823. The van der Waals surface area contributed by atoms with Crippen molar-refractivity contribution in [2.75, 3.05) is 0 Å². The molecule has 1 aromatic heterocycles. The van der Waals surface area contributed by atoms with Gasteiger partial charge in [-0.15, -0.1) is 0 Å². The van der Waals surface area contributed by atoms with Crippen molar-refractivity contribution >= 4 is 15.9 Å². The maximum Gasteiger partial charge on any atom is 0.197 e. The van der Waals surface area contributed by atoms with Crippen molar-refractivity contribution in [1.82, 2.24) is 4.98 Å². The summed E-state index contributed by atoms with van der Waals surface area (Å²) in [5.41, 5.74) is 0. The number of rotatable bonds is 1. The Balaban J connectivity index is 0.000000461. The third kappa shape index (κ3) is 3.34. The molecule has 0 spiro atoms. The summed E-state index contributed by atoms with van der Waals surface area (Å²) < 4.78 is 0.493. The second-order valence-electron chi connectivity index (χ2n) is 1.38. The topological polar surface area (TPSA) is 42.4 Å². The van der Waals surface area contributed by atoms with Crippen molar-refractivity contribution in [3.8, 4) is 5.75 Å². The molecule has 0 aliphatic heterocycles. The third-order valence-corrected chi connectivity index (χ3v) is 1.42. The first-order valence-electron chi connectivity index (χ1n) is 3.26. The van der Waals surface area contributed by atoms with Crippen LogP contribution in [0.2, 0.25) is 0 Å². The largest absolute Gasteiger partial charge is 0.337 e. The van der Waals surface area contributed by atoms with Crippen LogP contribution in [0.15, 0.2) is 22.9 Å². The van der Waals surface area contributed by atoms with Gasteiger partial charge in [0.05, 0.1) is 0 Å². The predicted octanol–water partition coefficient (Wildman–Crippen LogP) is 2.72. The Labute approximate surface area is 74.1 Å². The monoisotopic (exact) mass is 219 g/mol. The van der Waals surface area contributed by atoms with Gasteiger partial charge in [0.2, 0.25) is 0 Å². The van der Waals surface area contributed by atoms with E-state index in [0.717, 1.165) is 0 Å². The fourth-order valence-corrected chi connectivity index (χ4v) is 0.762. The molecule has 11 heavy (non-hydrogen) atoms. The van der Waals surface area contributed by atoms with E-state index in [2.05, 4.69) is 25.8 Å². The van der Waals surface area contributed by atoms with E-state index < -0.39 is 0 Å². The molecular formula is C7H10BrNO2. The molecule has 1 rings (SSSR count). The van der Waals surface area contributed by atoms with Crippen molar-refractivity contribution < 1.29 is 10.1 Å². The van der Waals surface area contributed by atoms with Gasteiger partial charge in [0.15, 0.2) is 10.4 Å². The lowest BCUT2D eigenvalue weighted by molar-refractivity contribution is -0.138. The second-order valence-corrected chi connectivity index (χ2v) is 2.13. The summed E-state index contributed by atoms with van der Waals surface area (Å²) >= 11 is 3.06. The molecular weight excluding hydrogens is 210 g/mol. The number of hydrogen-bond acceptors (Lipinski definition) is 3. The molecule has 0 saturated carbocycles. The maximum atomic E-state index is 8.15. The first-order chi connectivity index (χ1) is 5.34. The van der Waals surface area contributed by atoms with Crippen LogP contribution in [0.4, 0.5) is 0 Å². The second kappa shape index (κ2) is 6.12. The average Bonchev–Trinajstić information content (AvgIpc) is 2.09. The summed E-state index contributed by atoms with van der Waals surface area (Å²) in [7, 11) is 0. The van der Waals surface area contributed by atoms with Crippen molar-refractivity contribution in [1.29, 1.82) is 0 Å². The summed E-state index contributed by atoms with van der Waals surface area (Å²) in [6, 6.07) is 3.26. The average molecular weight is 220 g/mol. The molecule has 0 aliphatic rings. The van der Waals surface area contributed by atoms with Crippen LogP contribution >= 0.6 is 15.9 Å². The summed E-state index contributed by atoms with van der Waals surface area (Å²) in [6.45, 7) is 4.00. The van der Waals surface area contributed by atoms with Gasteiger partial charge in [-0.2, -0.15) is 0 Å². The molecule has 1 aromatic rings. The summed E-state index contributed by atoms with van der Waals surface area (Å²) in [6.07, 6.45) is 1.59. The fourth-order valence-electron chi connectivity index (χ4n) is 0.439. The summed E-state index contributed by atoms with van der Waals surface area (Å²) in [5, 5.41) is 8.15. The Hall–Kier alpha value is -0.610. The molecule has 1 heterocycles. The van der Waals surface area contributed by atoms with Crippen LogP contribution in [0.5, 0.6) is 5.75 Å². The maximum absolute atomic E-state index is 8.15. The lowest BCUT2D eigenvalue weighted by Crippen LogP contribution is -1.85. The molecule has 0 amide bonds. The number of pyridine rings is 1. The van der Waals surface area contributed by atoms with E-state index >= 15 is 0 Å². The molecule has 0 unspecified atom stereocenters. The molecule has 62 valence electrons. The zero-order valence-corrected chi connectivity index (χ0v) is 8.00. The molecule has 4 heteroatoms. The highest BCUT2D eigenvalue weighted by Gasteiger charge is 1.97. The first-order valence-corrected chi connectivity index (χ1v) is 4.06. The zero-order chi connectivity index (χ0) is 8.69. The number of nitrogens with zero attached hydrogens (tertiary/aromatic N) is 1. The standard InChI is InChI=1S/C5H4BrNO2.C2H6/c6-5-4(9-8)2-1-3-7-5;1-2/h1-3,8H;1-2H3. The minimum absolute atomic E-state index is 0.317. The molecule has 1 N–H and O–H groups in total. The number of aromatic nitrogens is 1. The molecule has 0 radical (unpaired) electrons. The highest BCUT2D eigenvalue weighted by atomic mass is 79.9. The number of halogens is 1. The Morgan fingerprint density at radius 2 is 2.18 bits per heavy atom. The van der Waals surface area contributed by atoms with Crippen LogP contribution in [0.1, 0.15) is 13.8 Å². The lowest BCUT2D eigenvalue weighted by atomic mass is 10.5. The van der Waals surface area contributed by atoms with Gasteiger partial charge in [-0.1, -0.05) is 13.8 Å². The Bertz CT molecular complexity index is 205. The molecule has 0 bridgehead atoms. The van der Waals surface area contributed by atoms with Gasteiger partial charge in [-0.3, -0.25) is 0 Å². The van der Waals surface area contributed by atoms with Crippen molar-refractivity contribution in [3.05, 3.63) is 22.9 Å². The van der Waals surface area contributed by atoms with E-state index in [1.807, 2.05) is 13.8 Å². The van der Waals surface area contributed by atoms with E-state index in [4.69, 9.17) is 5.26 Å². The molecule has 0 fully saturated rings. The van der Waals surface area contributed by atoms with Crippen molar-refractivity contribution in [3.63, 3.8) is 0 Å². The minimum atomic E-state index is 0.317. The number of hydrogen-bond donors (Lipinski definition) is 1. The highest BCUT2D eigenvalue weighted by molar-refractivity contribution is 9.10. The van der Waals surface area contributed by atoms with Gasteiger partial charge in [0.25, 0.3) is 0 Å². The van der Waals surface area contributed by atoms with E-state index in [1.165, 1.54) is 0 Å². The van der Waals surface area contributed by atoms with Crippen LogP contribution in [0, 0.1) is 0 Å². The van der Waals surface area contributed by atoms with Crippen molar-refractivity contribution in [2.24, 2.45) is 0 Å². The van der Waals surface area contributed by atoms with Crippen LogP contribution < -0.4 is 4.89 Å². The molecule has 0 atom stereocenters. The van der Waals surface area contributed by atoms with Crippen LogP contribution in [0.25, 0.3) is 0 Å². The smallest absolute Gasteiger partial charge is 0.197 e. The van der Waals surface area contributed by atoms with Gasteiger partial charge in [-0.05, 0) is 28.1 Å². The van der Waals surface area contributed by atoms with E-state index in [-0.39, 0.29) is 0 Å². The van der Waals surface area contributed by atoms with E-state index in [0.29, 0.717) is 10.4 Å². The van der Waals surface area contributed by atoms with Gasteiger partial charge in [-0.25, -0.2) is 10.2 Å². The SMILES string of the molecule is CC.OOc1cccnc1Br. The van der Waals surface area contributed by atoms with Gasteiger partial charge >= 0.3 is 0 Å². The zero-order valence-electron chi connectivity index (χ0n) is 6.41. The fraction of sp³-hybridized carbons (Fsp3) is 0.286. The minimum Gasteiger partial charge on any atom is -0.337 e. The highest BCUT2D eigenvalue weighted by Crippen LogP contribution is 2.19. The molecule has 0 aliphatic carbocycles. The Morgan fingerprint density at radius 3 is 2.55 bits per heavy atom. The summed E-state index contributed by atoms with van der Waals surface area (Å²) in [4.78, 5) is 7.72.